The maximum atomic E-state index is 13.8. The SMILES string of the molecule is O=C(CN(Cc1ccccc1)S(=O)(=O)c1cccc(Cl)c1)Nc1ccc(F)cc1F. The summed E-state index contributed by atoms with van der Waals surface area (Å²) in [6.07, 6.45) is 0. The zero-order valence-corrected chi connectivity index (χ0v) is 17.1. The third-order valence-electron chi connectivity index (χ3n) is 4.16. The fourth-order valence-corrected chi connectivity index (χ4v) is 4.42. The summed E-state index contributed by atoms with van der Waals surface area (Å²) >= 11 is 5.92. The molecule has 3 aromatic carbocycles. The number of benzene rings is 3. The molecule has 0 fully saturated rings. The van der Waals surface area contributed by atoms with Gasteiger partial charge in [0.2, 0.25) is 15.9 Å². The molecule has 0 bridgehead atoms. The summed E-state index contributed by atoms with van der Waals surface area (Å²) in [4.78, 5) is 12.4. The lowest BCUT2D eigenvalue weighted by molar-refractivity contribution is -0.116. The first-order valence-corrected chi connectivity index (χ1v) is 10.6. The Morgan fingerprint density at radius 1 is 0.967 bits per heavy atom. The summed E-state index contributed by atoms with van der Waals surface area (Å²) in [7, 11) is -4.09. The van der Waals surface area contributed by atoms with Crippen molar-refractivity contribution >= 4 is 33.2 Å². The lowest BCUT2D eigenvalue weighted by Gasteiger charge is -2.22. The molecule has 1 N–H and O–H groups in total. The third kappa shape index (κ3) is 5.41. The van der Waals surface area contributed by atoms with Gasteiger partial charge in [-0.05, 0) is 35.9 Å². The Hall–Kier alpha value is -2.81. The number of nitrogens with one attached hydrogen (secondary N) is 1. The highest BCUT2D eigenvalue weighted by Crippen LogP contribution is 2.22. The number of anilines is 1. The Morgan fingerprint density at radius 3 is 2.37 bits per heavy atom. The van der Waals surface area contributed by atoms with Gasteiger partial charge in [0.1, 0.15) is 11.6 Å². The summed E-state index contributed by atoms with van der Waals surface area (Å²) in [5, 5.41) is 2.51. The molecular weight excluding hydrogens is 434 g/mol. The quantitative estimate of drug-likeness (QED) is 0.578. The van der Waals surface area contributed by atoms with Gasteiger partial charge in [-0.25, -0.2) is 17.2 Å². The number of halogens is 3. The minimum atomic E-state index is -4.09. The Bertz CT molecular complexity index is 1160. The van der Waals surface area contributed by atoms with E-state index in [1.54, 1.807) is 30.3 Å². The van der Waals surface area contributed by atoms with Crippen molar-refractivity contribution in [3.05, 3.63) is 95.0 Å². The van der Waals surface area contributed by atoms with Crippen molar-refractivity contribution in [2.45, 2.75) is 11.4 Å². The van der Waals surface area contributed by atoms with Crippen LogP contribution in [0.5, 0.6) is 0 Å². The molecule has 156 valence electrons. The molecule has 0 aliphatic rings. The van der Waals surface area contributed by atoms with E-state index < -0.39 is 34.1 Å². The number of carbonyl (C=O) groups is 1. The molecule has 0 aliphatic carbocycles. The maximum Gasteiger partial charge on any atom is 0.243 e. The largest absolute Gasteiger partial charge is 0.322 e. The number of nitrogens with zero attached hydrogens (tertiary/aromatic N) is 1. The molecule has 0 unspecified atom stereocenters. The summed E-state index contributed by atoms with van der Waals surface area (Å²) in [5.74, 6) is -2.53. The molecule has 0 saturated heterocycles. The van der Waals surface area contributed by atoms with Crippen molar-refractivity contribution in [2.24, 2.45) is 0 Å². The van der Waals surface area contributed by atoms with Crippen molar-refractivity contribution in [1.82, 2.24) is 4.31 Å². The zero-order chi connectivity index (χ0) is 21.7. The van der Waals surface area contributed by atoms with Crippen molar-refractivity contribution in [3.63, 3.8) is 0 Å². The van der Waals surface area contributed by atoms with E-state index in [-0.39, 0.29) is 22.2 Å². The molecule has 0 heterocycles. The van der Waals surface area contributed by atoms with Crippen molar-refractivity contribution < 1.29 is 22.0 Å². The van der Waals surface area contributed by atoms with Crippen LogP contribution in [-0.2, 0) is 21.4 Å². The topological polar surface area (TPSA) is 66.5 Å². The Morgan fingerprint density at radius 2 is 1.70 bits per heavy atom. The Balaban J connectivity index is 1.88. The summed E-state index contributed by atoms with van der Waals surface area (Å²) in [5.41, 5.74) is 0.407. The first-order chi connectivity index (χ1) is 14.3. The van der Waals surface area contributed by atoms with Crippen LogP contribution in [0, 0.1) is 11.6 Å². The molecule has 9 heteroatoms. The van der Waals surface area contributed by atoms with Gasteiger partial charge in [0.15, 0.2) is 0 Å². The van der Waals surface area contributed by atoms with Crippen LogP contribution in [-0.4, -0.2) is 25.2 Å². The molecule has 0 saturated carbocycles. The summed E-state index contributed by atoms with van der Waals surface area (Å²) in [6.45, 7) is -0.671. The molecule has 0 radical (unpaired) electrons. The number of hydrogen-bond acceptors (Lipinski definition) is 3. The van der Waals surface area contributed by atoms with Gasteiger partial charge in [-0.15, -0.1) is 0 Å². The second kappa shape index (κ2) is 9.34. The second-order valence-corrected chi connectivity index (χ2v) is 8.76. The third-order valence-corrected chi connectivity index (χ3v) is 6.18. The molecule has 0 aliphatic heterocycles. The molecule has 0 atom stereocenters. The van der Waals surface area contributed by atoms with Gasteiger partial charge in [-0.2, -0.15) is 4.31 Å². The van der Waals surface area contributed by atoms with Gasteiger partial charge in [0, 0.05) is 17.6 Å². The van der Waals surface area contributed by atoms with E-state index >= 15 is 0 Å². The van der Waals surface area contributed by atoms with Crippen molar-refractivity contribution in [1.29, 1.82) is 0 Å². The molecular formula is C21H17ClF2N2O3S. The smallest absolute Gasteiger partial charge is 0.243 e. The number of hydrogen-bond donors (Lipinski definition) is 1. The number of amides is 1. The highest BCUT2D eigenvalue weighted by Gasteiger charge is 2.27. The Labute approximate surface area is 178 Å². The highest BCUT2D eigenvalue weighted by atomic mass is 35.5. The molecule has 5 nitrogen and oxygen atoms in total. The van der Waals surface area contributed by atoms with Crippen LogP contribution in [0.4, 0.5) is 14.5 Å². The summed E-state index contributed by atoms with van der Waals surface area (Å²) < 4.78 is 54.2. The van der Waals surface area contributed by atoms with Crippen LogP contribution in [0.2, 0.25) is 5.02 Å². The predicted octanol–water partition coefficient (Wildman–Crippen LogP) is 4.45. The second-order valence-electron chi connectivity index (χ2n) is 6.39. The molecule has 3 rings (SSSR count). The Kier molecular flexibility index (Phi) is 6.81. The monoisotopic (exact) mass is 450 g/mol. The lowest BCUT2D eigenvalue weighted by Crippen LogP contribution is -2.37. The van der Waals surface area contributed by atoms with Crippen molar-refractivity contribution in [3.8, 4) is 0 Å². The average Bonchev–Trinajstić information content (AvgIpc) is 2.70. The van der Waals surface area contributed by atoms with Crippen LogP contribution in [0.1, 0.15) is 5.56 Å². The maximum absolute atomic E-state index is 13.8. The highest BCUT2D eigenvalue weighted by molar-refractivity contribution is 7.89. The van der Waals surface area contributed by atoms with Crippen LogP contribution < -0.4 is 5.32 Å². The first kappa shape index (κ1) is 21.9. The molecule has 0 aromatic heterocycles. The fraction of sp³-hybridized carbons (Fsp3) is 0.0952. The number of rotatable bonds is 7. The van der Waals surface area contributed by atoms with Gasteiger partial charge in [0.25, 0.3) is 0 Å². The van der Waals surface area contributed by atoms with Crippen LogP contribution >= 0.6 is 11.6 Å². The lowest BCUT2D eigenvalue weighted by atomic mass is 10.2. The number of carbonyl (C=O) groups excluding carboxylic acids is 1. The van der Waals surface area contributed by atoms with E-state index in [1.807, 2.05) is 0 Å². The van der Waals surface area contributed by atoms with E-state index in [1.165, 1.54) is 24.3 Å². The van der Waals surface area contributed by atoms with Gasteiger partial charge in [-0.1, -0.05) is 48.0 Å². The number of sulfonamides is 1. The van der Waals surface area contributed by atoms with Crippen LogP contribution in [0.3, 0.4) is 0 Å². The summed E-state index contributed by atoms with van der Waals surface area (Å²) in [6, 6.07) is 17.1. The predicted molar refractivity (Wildman–Crippen MR) is 110 cm³/mol. The van der Waals surface area contributed by atoms with Crippen molar-refractivity contribution in [2.75, 3.05) is 11.9 Å². The molecule has 1 amide bonds. The minimum Gasteiger partial charge on any atom is -0.322 e. The molecule has 0 spiro atoms. The standard InChI is InChI=1S/C21H17ClF2N2O3S/c22-16-7-4-8-18(11-16)30(28,29)26(13-15-5-2-1-3-6-15)14-21(27)25-20-10-9-17(23)12-19(20)24/h1-12H,13-14H2,(H,25,27). The van der Waals surface area contributed by atoms with Gasteiger partial charge in [0.05, 0.1) is 17.1 Å². The van der Waals surface area contributed by atoms with Gasteiger partial charge < -0.3 is 5.32 Å². The first-order valence-electron chi connectivity index (χ1n) is 8.80. The van der Waals surface area contributed by atoms with Gasteiger partial charge >= 0.3 is 0 Å². The van der Waals surface area contributed by atoms with Crippen LogP contribution in [0.15, 0.2) is 77.7 Å². The van der Waals surface area contributed by atoms with E-state index in [0.29, 0.717) is 11.6 Å². The van der Waals surface area contributed by atoms with Gasteiger partial charge in [-0.3, -0.25) is 4.79 Å². The average molecular weight is 451 g/mol. The van der Waals surface area contributed by atoms with E-state index in [9.17, 15) is 22.0 Å². The zero-order valence-electron chi connectivity index (χ0n) is 15.6. The fourth-order valence-electron chi connectivity index (χ4n) is 2.73. The van der Waals surface area contributed by atoms with E-state index in [0.717, 1.165) is 16.4 Å². The minimum absolute atomic E-state index is 0.0771. The van der Waals surface area contributed by atoms with E-state index in [4.69, 9.17) is 11.6 Å². The molecule has 30 heavy (non-hydrogen) atoms. The van der Waals surface area contributed by atoms with E-state index in [2.05, 4.69) is 5.32 Å². The molecule has 3 aromatic rings. The van der Waals surface area contributed by atoms with Crippen LogP contribution in [0.25, 0.3) is 0 Å². The normalized spacial score (nSPS) is 11.5.